The number of pyridine rings is 1. The van der Waals surface area contributed by atoms with Crippen LogP contribution in [0.5, 0.6) is 0 Å². The van der Waals surface area contributed by atoms with Gasteiger partial charge in [0.15, 0.2) is 4.34 Å². The average molecular weight is 238 g/mol. The molecule has 2 aromatic rings. The first-order valence-corrected chi connectivity index (χ1v) is 6.16. The van der Waals surface area contributed by atoms with Gasteiger partial charge in [-0.2, -0.15) is 0 Å². The Hall–Kier alpha value is -0.910. The third kappa shape index (κ3) is 2.77. The summed E-state index contributed by atoms with van der Waals surface area (Å²) in [6.07, 6.45) is 3.02. The van der Waals surface area contributed by atoms with E-state index in [-0.39, 0.29) is 0 Å². The highest BCUT2D eigenvalue weighted by atomic mass is 32.2. The van der Waals surface area contributed by atoms with Crippen LogP contribution in [0.1, 0.15) is 18.6 Å². The number of rotatable bonds is 3. The Morgan fingerprint density at radius 2 is 2.27 bits per heavy atom. The maximum Gasteiger partial charge on any atom is 0.156 e. The molecular weight excluding hydrogens is 228 g/mol. The molecule has 0 amide bonds. The minimum atomic E-state index is -0.455. The summed E-state index contributed by atoms with van der Waals surface area (Å²) >= 11 is 3.09. The lowest BCUT2D eigenvalue weighted by molar-refractivity contribution is 0.199. The van der Waals surface area contributed by atoms with Crippen molar-refractivity contribution < 1.29 is 5.11 Å². The molecule has 0 bridgehead atoms. The highest BCUT2D eigenvalue weighted by molar-refractivity contribution is 8.00. The summed E-state index contributed by atoms with van der Waals surface area (Å²) in [5.41, 5.74) is 0.879. The van der Waals surface area contributed by atoms with Crippen molar-refractivity contribution in [3.8, 4) is 0 Å². The Morgan fingerprint density at radius 3 is 2.93 bits per heavy atom. The molecule has 5 heteroatoms. The van der Waals surface area contributed by atoms with Gasteiger partial charge in [-0.25, -0.2) is 9.97 Å². The summed E-state index contributed by atoms with van der Waals surface area (Å²) in [5.74, 6) is 0. The first kappa shape index (κ1) is 10.6. The lowest BCUT2D eigenvalue weighted by Crippen LogP contribution is -1.91. The van der Waals surface area contributed by atoms with E-state index in [1.807, 2.05) is 17.5 Å². The van der Waals surface area contributed by atoms with Crippen LogP contribution >= 0.6 is 23.1 Å². The summed E-state index contributed by atoms with van der Waals surface area (Å²) in [5, 5.41) is 12.2. The van der Waals surface area contributed by atoms with Gasteiger partial charge in [0.2, 0.25) is 0 Å². The third-order valence-corrected chi connectivity index (χ3v) is 3.66. The Kier molecular flexibility index (Phi) is 3.35. The Bertz CT molecular complexity index is 429. The number of hydrogen-bond acceptors (Lipinski definition) is 5. The van der Waals surface area contributed by atoms with Crippen LogP contribution in [0.2, 0.25) is 0 Å². The van der Waals surface area contributed by atoms with E-state index >= 15 is 0 Å². The molecule has 1 N–H and O–H groups in total. The monoisotopic (exact) mass is 238 g/mol. The molecule has 0 aliphatic heterocycles. The highest BCUT2D eigenvalue weighted by Crippen LogP contribution is 2.28. The van der Waals surface area contributed by atoms with Crippen LogP contribution in [-0.2, 0) is 0 Å². The Morgan fingerprint density at radius 1 is 1.40 bits per heavy atom. The molecule has 2 aromatic heterocycles. The van der Waals surface area contributed by atoms with E-state index in [4.69, 9.17) is 0 Å². The molecule has 15 heavy (non-hydrogen) atoms. The van der Waals surface area contributed by atoms with E-state index < -0.39 is 6.10 Å². The fraction of sp³-hybridized carbons (Fsp3) is 0.200. The van der Waals surface area contributed by atoms with Crippen LogP contribution in [0.15, 0.2) is 39.3 Å². The second kappa shape index (κ2) is 4.74. The minimum absolute atomic E-state index is 0.455. The molecule has 2 rings (SSSR count). The number of hydrogen-bond donors (Lipinski definition) is 1. The molecule has 0 saturated carbocycles. The lowest BCUT2D eigenvalue weighted by Gasteiger charge is -2.04. The number of thiazole rings is 1. The molecule has 2 heterocycles. The number of aliphatic hydroxyl groups excluding tert-OH is 1. The molecule has 3 nitrogen and oxygen atoms in total. The van der Waals surface area contributed by atoms with Crippen molar-refractivity contribution in [3.63, 3.8) is 0 Å². The van der Waals surface area contributed by atoms with Crippen molar-refractivity contribution in [2.24, 2.45) is 0 Å². The Balaban J connectivity index is 2.18. The summed E-state index contributed by atoms with van der Waals surface area (Å²) in [4.78, 5) is 8.38. The molecule has 1 unspecified atom stereocenters. The topological polar surface area (TPSA) is 46.0 Å². The molecule has 0 saturated heterocycles. The Labute approximate surface area is 96.2 Å². The van der Waals surface area contributed by atoms with Crippen molar-refractivity contribution in [2.75, 3.05) is 0 Å². The maximum atomic E-state index is 9.42. The number of aliphatic hydroxyl groups is 1. The molecule has 0 fully saturated rings. The first-order chi connectivity index (χ1) is 7.25. The van der Waals surface area contributed by atoms with Crippen LogP contribution in [0, 0.1) is 0 Å². The average Bonchev–Trinajstić information content (AvgIpc) is 2.71. The normalized spacial score (nSPS) is 12.7. The zero-order valence-electron chi connectivity index (χ0n) is 8.12. The summed E-state index contributed by atoms with van der Waals surface area (Å²) in [7, 11) is 0. The second-order valence-electron chi connectivity index (χ2n) is 3.00. The van der Waals surface area contributed by atoms with E-state index in [9.17, 15) is 5.11 Å². The molecule has 0 aliphatic carbocycles. The summed E-state index contributed by atoms with van der Waals surface area (Å²) in [6, 6.07) is 3.70. The van der Waals surface area contributed by atoms with Crippen molar-refractivity contribution in [1.82, 2.24) is 9.97 Å². The molecule has 0 aliphatic rings. The second-order valence-corrected chi connectivity index (χ2v) is 5.17. The molecule has 0 spiro atoms. The third-order valence-electron chi connectivity index (χ3n) is 1.84. The largest absolute Gasteiger partial charge is 0.389 e. The van der Waals surface area contributed by atoms with E-state index in [0.717, 1.165) is 14.9 Å². The van der Waals surface area contributed by atoms with Crippen LogP contribution in [-0.4, -0.2) is 15.1 Å². The summed E-state index contributed by atoms with van der Waals surface area (Å²) < 4.78 is 0.963. The molecule has 0 aromatic carbocycles. The van der Waals surface area contributed by atoms with Crippen molar-refractivity contribution in [2.45, 2.75) is 22.4 Å². The van der Waals surface area contributed by atoms with Crippen molar-refractivity contribution in [3.05, 3.63) is 35.5 Å². The van der Waals surface area contributed by atoms with E-state index in [2.05, 4.69) is 9.97 Å². The lowest BCUT2D eigenvalue weighted by atomic mass is 10.2. The first-order valence-electron chi connectivity index (χ1n) is 4.47. The molecule has 0 radical (unpaired) electrons. The van der Waals surface area contributed by atoms with Gasteiger partial charge in [0, 0.05) is 17.8 Å². The van der Waals surface area contributed by atoms with E-state index in [0.29, 0.717) is 0 Å². The van der Waals surface area contributed by atoms with Gasteiger partial charge in [-0.1, -0.05) is 0 Å². The number of nitrogens with zero attached hydrogens (tertiary/aromatic N) is 2. The zero-order valence-corrected chi connectivity index (χ0v) is 9.76. The van der Waals surface area contributed by atoms with Gasteiger partial charge in [-0.15, -0.1) is 11.3 Å². The van der Waals surface area contributed by atoms with Gasteiger partial charge in [0.25, 0.3) is 0 Å². The van der Waals surface area contributed by atoms with Crippen LogP contribution < -0.4 is 0 Å². The maximum absolute atomic E-state index is 9.42. The van der Waals surface area contributed by atoms with Crippen LogP contribution in [0.4, 0.5) is 0 Å². The highest BCUT2D eigenvalue weighted by Gasteiger charge is 2.05. The van der Waals surface area contributed by atoms with Crippen molar-refractivity contribution in [1.29, 1.82) is 0 Å². The van der Waals surface area contributed by atoms with Gasteiger partial charge in [0.1, 0.15) is 5.03 Å². The molecule has 1 atom stereocenters. The van der Waals surface area contributed by atoms with Gasteiger partial charge in [-0.3, -0.25) is 0 Å². The van der Waals surface area contributed by atoms with Crippen molar-refractivity contribution >= 4 is 23.1 Å². The van der Waals surface area contributed by atoms with Gasteiger partial charge in [-0.05, 0) is 36.4 Å². The smallest absolute Gasteiger partial charge is 0.156 e. The molecular formula is C10H10N2OS2. The van der Waals surface area contributed by atoms with Gasteiger partial charge >= 0.3 is 0 Å². The van der Waals surface area contributed by atoms with Crippen LogP contribution in [0.3, 0.4) is 0 Å². The zero-order chi connectivity index (χ0) is 10.7. The predicted octanol–water partition coefficient (Wildman–Crippen LogP) is 2.74. The number of aromatic nitrogens is 2. The van der Waals surface area contributed by atoms with Gasteiger partial charge in [0.05, 0.1) is 6.10 Å². The van der Waals surface area contributed by atoms with E-state index in [1.165, 1.54) is 11.8 Å². The SMILES string of the molecule is CC(O)c1ccnc(Sc2nccs2)c1. The fourth-order valence-corrected chi connectivity index (χ4v) is 2.67. The summed E-state index contributed by atoms with van der Waals surface area (Å²) in [6.45, 7) is 1.74. The van der Waals surface area contributed by atoms with Gasteiger partial charge < -0.3 is 5.11 Å². The molecule has 78 valence electrons. The standard InChI is InChI=1S/C10H10N2OS2/c1-7(13)8-2-3-11-9(6-8)15-10-12-4-5-14-10/h2-7,13H,1H3. The quantitative estimate of drug-likeness (QED) is 0.893. The van der Waals surface area contributed by atoms with Crippen LogP contribution in [0.25, 0.3) is 0 Å². The predicted molar refractivity (Wildman–Crippen MR) is 61.1 cm³/mol. The minimum Gasteiger partial charge on any atom is -0.389 e. The van der Waals surface area contributed by atoms with E-state index in [1.54, 1.807) is 30.7 Å². The fourth-order valence-electron chi connectivity index (χ4n) is 1.09.